The number of thiazole rings is 1. The van der Waals surface area contributed by atoms with E-state index < -0.39 is 12.0 Å². The monoisotopic (exact) mass is 450 g/mol. The summed E-state index contributed by atoms with van der Waals surface area (Å²) in [6.07, 6.45) is 1.75. The van der Waals surface area contributed by atoms with Crippen LogP contribution in [0.15, 0.2) is 69.6 Å². The van der Waals surface area contributed by atoms with Gasteiger partial charge in [-0.15, -0.1) is 0 Å². The molecule has 164 valence electrons. The normalized spacial score (nSPS) is 15.8. The molecule has 2 aromatic carbocycles. The van der Waals surface area contributed by atoms with Gasteiger partial charge in [-0.2, -0.15) is 0 Å². The fourth-order valence-corrected chi connectivity index (χ4v) is 4.66. The van der Waals surface area contributed by atoms with Gasteiger partial charge in [0.1, 0.15) is 11.5 Å². The van der Waals surface area contributed by atoms with E-state index in [0.29, 0.717) is 26.4 Å². The summed E-state index contributed by atoms with van der Waals surface area (Å²) in [5, 5.41) is 9.51. The zero-order valence-electron chi connectivity index (χ0n) is 17.9. The summed E-state index contributed by atoms with van der Waals surface area (Å²) >= 11 is 1.25. The molecule has 4 rings (SSSR count). The van der Waals surface area contributed by atoms with Crippen molar-refractivity contribution in [2.24, 2.45) is 4.99 Å². The third-order valence-electron chi connectivity index (χ3n) is 5.14. The lowest BCUT2D eigenvalue weighted by molar-refractivity contribution is -0.139. The molecule has 1 aliphatic rings. The Kier molecular flexibility index (Phi) is 5.96. The number of ether oxygens (including phenoxy) is 2. The van der Waals surface area contributed by atoms with Crippen molar-refractivity contribution >= 4 is 23.4 Å². The summed E-state index contributed by atoms with van der Waals surface area (Å²) in [6.45, 7) is 3.71. The van der Waals surface area contributed by atoms with E-state index in [1.54, 1.807) is 63.4 Å². The summed E-state index contributed by atoms with van der Waals surface area (Å²) in [5.41, 5.74) is 2.12. The molecule has 0 radical (unpaired) electrons. The van der Waals surface area contributed by atoms with Gasteiger partial charge in [-0.05, 0) is 55.3 Å². The lowest BCUT2D eigenvalue weighted by atomic mass is 9.96. The van der Waals surface area contributed by atoms with Crippen molar-refractivity contribution in [1.82, 2.24) is 4.57 Å². The Balaban J connectivity index is 1.93. The molecule has 2 heterocycles. The molecule has 0 spiro atoms. The molecule has 0 unspecified atom stereocenters. The Hall–Kier alpha value is -3.65. The number of phenolic OH excluding ortho intramolecular Hbond substituents is 1. The third-order valence-corrected chi connectivity index (χ3v) is 6.12. The van der Waals surface area contributed by atoms with E-state index in [1.165, 1.54) is 15.9 Å². The average Bonchev–Trinajstić information content (AvgIpc) is 3.09. The van der Waals surface area contributed by atoms with Gasteiger partial charge in [0, 0.05) is 0 Å². The summed E-state index contributed by atoms with van der Waals surface area (Å²) in [5.74, 6) is 0.326. The van der Waals surface area contributed by atoms with Crippen molar-refractivity contribution in [3.8, 4) is 11.5 Å². The van der Waals surface area contributed by atoms with Gasteiger partial charge < -0.3 is 14.6 Å². The van der Waals surface area contributed by atoms with Crippen LogP contribution in [-0.4, -0.2) is 29.4 Å². The van der Waals surface area contributed by atoms with Crippen molar-refractivity contribution in [2.45, 2.75) is 19.9 Å². The molecule has 0 bridgehead atoms. The van der Waals surface area contributed by atoms with Crippen molar-refractivity contribution in [3.63, 3.8) is 0 Å². The van der Waals surface area contributed by atoms with Crippen LogP contribution < -0.4 is 19.6 Å². The highest BCUT2D eigenvalue weighted by Crippen LogP contribution is 2.31. The van der Waals surface area contributed by atoms with E-state index in [1.807, 2.05) is 12.1 Å². The van der Waals surface area contributed by atoms with E-state index >= 15 is 0 Å². The third kappa shape index (κ3) is 3.97. The van der Waals surface area contributed by atoms with E-state index in [2.05, 4.69) is 4.99 Å². The van der Waals surface area contributed by atoms with Crippen molar-refractivity contribution < 1.29 is 19.4 Å². The van der Waals surface area contributed by atoms with Crippen LogP contribution in [0.2, 0.25) is 0 Å². The number of benzene rings is 2. The van der Waals surface area contributed by atoms with Crippen molar-refractivity contribution in [3.05, 3.63) is 90.6 Å². The average molecular weight is 451 g/mol. The molecule has 32 heavy (non-hydrogen) atoms. The number of aromatic hydroxyl groups is 1. The number of carbonyl (C=O) groups is 1. The second-order valence-electron chi connectivity index (χ2n) is 7.17. The molecular formula is C24H22N2O5S. The van der Waals surface area contributed by atoms with Crippen LogP contribution in [0.1, 0.15) is 31.0 Å². The van der Waals surface area contributed by atoms with Crippen molar-refractivity contribution in [2.75, 3.05) is 13.7 Å². The van der Waals surface area contributed by atoms with Gasteiger partial charge >= 0.3 is 5.97 Å². The SMILES string of the molecule is CCOC(=O)C1=C(C)N=c2s/c(=C/c3ccc(O)cc3)c(=O)n2[C@H]1c1ccc(OC)cc1. The van der Waals surface area contributed by atoms with Gasteiger partial charge in [0.05, 0.1) is 35.6 Å². The molecule has 0 saturated carbocycles. The number of carbonyl (C=O) groups excluding carboxylic acids is 1. The van der Waals surface area contributed by atoms with Gasteiger partial charge in [0.2, 0.25) is 0 Å². The summed E-state index contributed by atoms with van der Waals surface area (Å²) in [7, 11) is 1.58. The maximum atomic E-state index is 13.5. The Morgan fingerprint density at radius 2 is 1.88 bits per heavy atom. The Morgan fingerprint density at radius 1 is 1.19 bits per heavy atom. The van der Waals surface area contributed by atoms with Crippen LogP contribution in [-0.2, 0) is 9.53 Å². The molecule has 1 aliphatic heterocycles. The number of nitrogens with zero attached hydrogens (tertiary/aromatic N) is 2. The van der Waals surface area contributed by atoms with Crippen LogP contribution in [0.3, 0.4) is 0 Å². The van der Waals surface area contributed by atoms with Crippen molar-refractivity contribution in [1.29, 1.82) is 0 Å². The molecule has 0 fully saturated rings. The second-order valence-corrected chi connectivity index (χ2v) is 8.18. The van der Waals surface area contributed by atoms with Gasteiger partial charge in [0.15, 0.2) is 4.80 Å². The number of rotatable bonds is 5. The molecular weight excluding hydrogens is 428 g/mol. The minimum atomic E-state index is -0.668. The Labute approximate surface area is 188 Å². The first kappa shape index (κ1) is 21.6. The molecule has 7 nitrogen and oxygen atoms in total. The summed E-state index contributed by atoms with van der Waals surface area (Å²) < 4.78 is 12.6. The maximum absolute atomic E-state index is 13.5. The van der Waals surface area contributed by atoms with Crippen LogP contribution in [0.4, 0.5) is 0 Å². The lowest BCUT2D eigenvalue weighted by Gasteiger charge is -2.24. The predicted octanol–water partition coefficient (Wildman–Crippen LogP) is 2.51. The predicted molar refractivity (Wildman–Crippen MR) is 121 cm³/mol. The van der Waals surface area contributed by atoms with E-state index in [-0.39, 0.29) is 17.9 Å². The Bertz CT molecular complexity index is 1370. The smallest absolute Gasteiger partial charge is 0.338 e. The van der Waals surface area contributed by atoms with Crippen LogP contribution in [0, 0.1) is 0 Å². The Morgan fingerprint density at radius 3 is 2.50 bits per heavy atom. The van der Waals surface area contributed by atoms with E-state index in [9.17, 15) is 14.7 Å². The first-order valence-electron chi connectivity index (χ1n) is 10.1. The lowest BCUT2D eigenvalue weighted by Crippen LogP contribution is -2.39. The highest BCUT2D eigenvalue weighted by Gasteiger charge is 2.33. The zero-order chi connectivity index (χ0) is 22.8. The number of hydrogen-bond acceptors (Lipinski definition) is 7. The number of fused-ring (bicyclic) bond motifs is 1. The first-order chi connectivity index (χ1) is 15.4. The topological polar surface area (TPSA) is 90.1 Å². The highest BCUT2D eigenvalue weighted by molar-refractivity contribution is 7.07. The number of allylic oxidation sites excluding steroid dienone is 1. The van der Waals surface area contributed by atoms with E-state index in [4.69, 9.17) is 9.47 Å². The zero-order valence-corrected chi connectivity index (χ0v) is 18.7. The number of phenols is 1. The van der Waals surface area contributed by atoms with E-state index in [0.717, 1.165) is 11.1 Å². The van der Waals surface area contributed by atoms with Gasteiger partial charge in [-0.25, -0.2) is 9.79 Å². The summed E-state index contributed by atoms with van der Waals surface area (Å²) in [4.78, 5) is 31.4. The number of methoxy groups -OCH3 is 1. The number of esters is 1. The minimum Gasteiger partial charge on any atom is -0.508 e. The fourth-order valence-electron chi connectivity index (χ4n) is 3.62. The van der Waals surface area contributed by atoms with Gasteiger partial charge in [0.25, 0.3) is 5.56 Å². The molecule has 0 saturated heterocycles. The van der Waals surface area contributed by atoms with Crippen LogP contribution >= 0.6 is 11.3 Å². The number of aromatic nitrogens is 1. The second kappa shape index (κ2) is 8.84. The first-order valence-corrected chi connectivity index (χ1v) is 10.9. The number of hydrogen-bond donors (Lipinski definition) is 1. The maximum Gasteiger partial charge on any atom is 0.338 e. The molecule has 1 atom stereocenters. The van der Waals surface area contributed by atoms with Crippen LogP contribution in [0.5, 0.6) is 11.5 Å². The standard InChI is InChI=1S/C24H22N2O5S/c1-4-31-23(29)20-14(2)25-24-26(21(20)16-7-11-18(30-3)12-8-16)22(28)19(32-24)13-15-5-9-17(27)10-6-15/h5-13,21,27H,4H2,1-3H3/b19-13+/t21-/m0/s1. The van der Waals surface area contributed by atoms with Gasteiger partial charge in [-0.1, -0.05) is 35.6 Å². The minimum absolute atomic E-state index is 0.151. The molecule has 3 aromatic rings. The molecule has 0 amide bonds. The fraction of sp³-hybridized carbons (Fsp3) is 0.208. The molecule has 1 N–H and O–H groups in total. The van der Waals surface area contributed by atoms with Gasteiger partial charge in [-0.3, -0.25) is 9.36 Å². The van der Waals surface area contributed by atoms with Crippen LogP contribution in [0.25, 0.3) is 6.08 Å². The molecule has 0 aliphatic carbocycles. The largest absolute Gasteiger partial charge is 0.508 e. The quantitative estimate of drug-likeness (QED) is 0.604. The summed E-state index contributed by atoms with van der Waals surface area (Å²) in [6, 6.07) is 13.2. The highest BCUT2D eigenvalue weighted by atomic mass is 32.1. The molecule has 1 aromatic heterocycles. The molecule has 8 heteroatoms.